The molecule has 1 rings (SSSR count). The number of benzene rings is 1. The summed E-state index contributed by atoms with van der Waals surface area (Å²) >= 11 is -4.91. The molecule has 1 aromatic rings. The molecule has 88 valence electrons. The number of hydrogen-bond donors (Lipinski definition) is 3. The van der Waals surface area contributed by atoms with Gasteiger partial charge in [0.25, 0.3) is 0 Å². The van der Waals surface area contributed by atoms with Crippen molar-refractivity contribution in [3.8, 4) is 0 Å². The zero-order valence-electron chi connectivity index (χ0n) is 8.58. The van der Waals surface area contributed by atoms with Crippen LogP contribution < -0.4 is 9.67 Å². The molecule has 0 saturated heterocycles. The van der Waals surface area contributed by atoms with Gasteiger partial charge in [-0.15, -0.1) is 0 Å². The molecule has 0 aromatic heterocycles. The summed E-state index contributed by atoms with van der Waals surface area (Å²) in [5.74, 6) is 0. The predicted octanol–water partition coefficient (Wildman–Crippen LogP) is -0.184. The molecule has 0 bridgehead atoms. The second kappa shape index (κ2) is 5.20. The van der Waals surface area contributed by atoms with Gasteiger partial charge in [-0.25, -0.2) is 0 Å². The van der Waals surface area contributed by atoms with Crippen LogP contribution in [-0.4, -0.2) is 35.1 Å². The van der Waals surface area contributed by atoms with Crippen molar-refractivity contribution >= 4 is 30.3 Å². The fraction of sp³-hybridized carbons (Fsp3) is 0.222. The molecular weight excluding hydrogens is 277 g/mol. The minimum absolute atomic E-state index is 0.0903. The number of hydrogen-bond acceptors (Lipinski definition) is 3. The predicted molar refractivity (Wildman–Crippen MR) is 57.6 cm³/mol. The van der Waals surface area contributed by atoms with Gasteiger partial charge in [-0.05, 0) is 0 Å². The first kappa shape index (κ1) is 12.8. The molecule has 1 amide bonds. The molecule has 0 radical (unpaired) electrons. The molecule has 0 aliphatic carbocycles. The van der Waals surface area contributed by atoms with Crippen molar-refractivity contribution in [2.45, 2.75) is 6.92 Å². The van der Waals surface area contributed by atoms with Gasteiger partial charge in [0, 0.05) is 0 Å². The quantitative estimate of drug-likeness (QED) is 0.671. The fourth-order valence-corrected chi connectivity index (χ4v) is 2.28. The third-order valence-electron chi connectivity index (χ3n) is 1.70. The Kier molecular flexibility index (Phi) is 4.18. The van der Waals surface area contributed by atoms with E-state index in [-0.39, 0.29) is 11.0 Å². The van der Waals surface area contributed by atoms with Gasteiger partial charge in [0.15, 0.2) is 0 Å². The topological polar surface area (TPSA) is 95.9 Å². The van der Waals surface area contributed by atoms with Crippen LogP contribution in [0.4, 0.5) is 10.5 Å². The Morgan fingerprint density at radius 1 is 1.50 bits per heavy atom. The molecule has 6 nitrogen and oxygen atoms in total. The Balaban J connectivity index is 2.83. The summed E-state index contributed by atoms with van der Waals surface area (Å²) in [5.41, 5.74) is 0.292. The summed E-state index contributed by atoms with van der Waals surface area (Å²) in [5, 5.41) is 2.36. The van der Waals surface area contributed by atoms with E-state index in [9.17, 15) is 8.53 Å². The van der Waals surface area contributed by atoms with E-state index in [1.165, 1.54) is 24.3 Å². The van der Waals surface area contributed by atoms with Crippen LogP contribution in [-0.2, 0) is 8.48 Å². The van der Waals surface area contributed by atoms with E-state index in [1.807, 2.05) is 0 Å². The second-order valence-electron chi connectivity index (χ2n) is 2.94. The molecule has 0 heterocycles. The van der Waals surface area contributed by atoms with Gasteiger partial charge in [-0.2, -0.15) is 0 Å². The maximum absolute atomic E-state index is 11.1. The van der Waals surface area contributed by atoms with Crippen LogP contribution >= 0.6 is 0 Å². The van der Waals surface area contributed by atoms with Crippen LogP contribution in [0.1, 0.15) is 6.92 Å². The monoisotopic (exact) mass is 289 g/mol. The number of anilines is 1. The molecule has 0 aliphatic heterocycles. The van der Waals surface area contributed by atoms with Gasteiger partial charge in [0.2, 0.25) is 0 Å². The van der Waals surface area contributed by atoms with Crippen LogP contribution in [0.2, 0.25) is 0 Å². The Labute approximate surface area is 95.2 Å². The zero-order valence-corrected chi connectivity index (χ0v) is 10.5. The van der Waals surface area contributed by atoms with Gasteiger partial charge in [0.05, 0.1) is 0 Å². The van der Waals surface area contributed by atoms with Crippen molar-refractivity contribution in [1.82, 2.24) is 0 Å². The van der Waals surface area contributed by atoms with Crippen molar-refractivity contribution in [3.63, 3.8) is 0 Å². The van der Waals surface area contributed by atoms with Gasteiger partial charge >= 0.3 is 94.9 Å². The van der Waals surface area contributed by atoms with Gasteiger partial charge in [0.1, 0.15) is 0 Å². The molecule has 0 aliphatic rings. The van der Waals surface area contributed by atoms with Crippen molar-refractivity contribution in [1.29, 1.82) is 0 Å². The number of nitrogens with one attached hydrogen (secondary N) is 1. The Morgan fingerprint density at radius 2 is 2.19 bits per heavy atom. The first-order chi connectivity index (χ1) is 7.43. The summed E-state index contributed by atoms with van der Waals surface area (Å²) in [6.45, 7) is 1.89. The molecule has 0 fully saturated rings. The molecule has 0 unspecified atom stereocenters. The van der Waals surface area contributed by atoms with Crippen LogP contribution in [0.15, 0.2) is 24.3 Å². The average Bonchev–Trinajstić information content (AvgIpc) is 2.17. The van der Waals surface area contributed by atoms with E-state index in [0.29, 0.717) is 5.69 Å². The maximum atomic E-state index is 11.1. The van der Waals surface area contributed by atoms with Gasteiger partial charge in [-0.3, -0.25) is 0 Å². The number of rotatable bonds is 3. The van der Waals surface area contributed by atoms with E-state index >= 15 is 0 Å². The van der Waals surface area contributed by atoms with Gasteiger partial charge < -0.3 is 0 Å². The second-order valence-corrected chi connectivity index (χ2v) is 6.31. The minimum atomic E-state index is -4.91. The zero-order chi connectivity index (χ0) is 12.2. The molecule has 0 saturated carbocycles. The summed E-state index contributed by atoms with van der Waals surface area (Å²) in [6.07, 6.45) is -0.655. The van der Waals surface area contributed by atoms with Crippen LogP contribution in [0.5, 0.6) is 0 Å². The van der Waals surface area contributed by atoms with Crippen molar-refractivity contribution in [2.75, 3.05) is 11.9 Å². The summed E-state index contributed by atoms with van der Waals surface area (Å²) in [7, 11) is 0. The van der Waals surface area contributed by atoms with Crippen molar-refractivity contribution in [3.05, 3.63) is 24.3 Å². The molecule has 1 aromatic carbocycles. The number of carbonyl (C=O) groups is 1. The Bertz CT molecular complexity index is 428. The fourth-order valence-electron chi connectivity index (χ4n) is 1.05. The Hall–Kier alpha value is -1.23. The molecular formula is C9H12AsNO5. The first-order valence-corrected chi connectivity index (χ1v) is 7.91. The number of ether oxygens (including phenoxy) is 1. The van der Waals surface area contributed by atoms with Gasteiger partial charge in [-0.1, -0.05) is 0 Å². The van der Waals surface area contributed by atoms with E-state index in [4.69, 9.17) is 8.19 Å². The molecule has 3 N–H and O–H groups in total. The SMILES string of the molecule is CCOC(=O)Nc1cccc([As](=O)(O)O)c1. The Morgan fingerprint density at radius 3 is 2.75 bits per heavy atom. The third kappa shape index (κ3) is 3.73. The van der Waals surface area contributed by atoms with Crippen molar-refractivity contribution < 1.29 is 21.5 Å². The molecule has 16 heavy (non-hydrogen) atoms. The van der Waals surface area contributed by atoms with E-state index < -0.39 is 20.3 Å². The molecule has 7 heteroatoms. The van der Waals surface area contributed by atoms with E-state index in [2.05, 4.69) is 10.1 Å². The normalized spacial score (nSPS) is 10.9. The molecule has 0 atom stereocenters. The summed E-state index contributed by atoms with van der Waals surface area (Å²) in [4.78, 5) is 11.1. The molecule has 0 spiro atoms. The summed E-state index contributed by atoms with van der Waals surface area (Å²) < 4.78 is 33.5. The van der Waals surface area contributed by atoms with Crippen LogP contribution in [0, 0.1) is 0 Å². The van der Waals surface area contributed by atoms with E-state index in [1.54, 1.807) is 6.92 Å². The standard InChI is InChI=1S/C9H12AsNO5/c1-2-16-9(12)11-8-5-3-4-7(6-8)10(13,14)15/h3-6H,2H2,1H3,(H,11,12)(H2,13,14,15). The first-order valence-electron chi connectivity index (χ1n) is 4.53. The van der Waals surface area contributed by atoms with Crippen LogP contribution in [0.3, 0.4) is 0 Å². The van der Waals surface area contributed by atoms with Crippen molar-refractivity contribution in [2.24, 2.45) is 0 Å². The summed E-state index contributed by atoms with van der Waals surface area (Å²) in [6, 6.07) is 5.52. The third-order valence-corrected chi connectivity index (χ3v) is 3.70. The average molecular weight is 289 g/mol. The number of amides is 1. The van der Waals surface area contributed by atoms with E-state index in [0.717, 1.165) is 0 Å². The van der Waals surface area contributed by atoms with Crippen LogP contribution in [0.25, 0.3) is 0 Å². The number of carbonyl (C=O) groups excluding carboxylic acids is 1.